The lowest BCUT2D eigenvalue weighted by molar-refractivity contribution is 0.0655. The van der Waals surface area contributed by atoms with Crippen LogP contribution in [0.1, 0.15) is 35.9 Å². The maximum atomic E-state index is 13.0. The molecule has 0 bridgehead atoms. The van der Waals surface area contributed by atoms with Crippen molar-refractivity contribution in [2.45, 2.75) is 19.8 Å². The van der Waals surface area contributed by atoms with E-state index in [1.165, 1.54) is 0 Å². The molecule has 1 aromatic carbocycles. The number of hydrogen-bond donors (Lipinski definition) is 0. The van der Waals surface area contributed by atoms with Gasteiger partial charge in [-0.15, -0.1) is 0 Å². The van der Waals surface area contributed by atoms with E-state index in [0.717, 1.165) is 37.6 Å². The molecule has 0 N–H and O–H groups in total. The first-order valence-electron chi connectivity index (χ1n) is 8.19. The van der Waals surface area contributed by atoms with E-state index in [1.54, 1.807) is 4.68 Å². The zero-order valence-corrected chi connectivity index (χ0v) is 14.1. The molecule has 0 atom stereocenters. The van der Waals surface area contributed by atoms with Crippen LogP contribution in [0.3, 0.4) is 0 Å². The number of amides is 1. The van der Waals surface area contributed by atoms with Gasteiger partial charge in [0.05, 0.1) is 11.4 Å². The number of hydrogen-bond acceptors (Lipinski definition) is 3. The van der Waals surface area contributed by atoms with Crippen molar-refractivity contribution in [1.29, 1.82) is 0 Å². The summed E-state index contributed by atoms with van der Waals surface area (Å²) >= 11 is 0. The summed E-state index contributed by atoms with van der Waals surface area (Å²) in [5.74, 6) is 0.361. The van der Waals surface area contributed by atoms with Crippen molar-refractivity contribution in [3.05, 3.63) is 47.8 Å². The summed E-state index contributed by atoms with van der Waals surface area (Å²) in [5, 5.41) is 4.67. The summed E-state index contributed by atoms with van der Waals surface area (Å²) in [6.45, 7) is 7.58. The molecule has 5 nitrogen and oxygen atoms in total. The fourth-order valence-corrected chi connectivity index (χ4v) is 2.77. The molecule has 1 fully saturated rings. The molecular weight excluding hydrogens is 288 g/mol. The van der Waals surface area contributed by atoms with E-state index in [4.69, 9.17) is 0 Å². The minimum absolute atomic E-state index is 0.0707. The summed E-state index contributed by atoms with van der Waals surface area (Å²) in [6.07, 6.45) is 0. The molecule has 1 aliphatic rings. The zero-order chi connectivity index (χ0) is 16.4. The first kappa shape index (κ1) is 15.7. The maximum Gasteiger partial charge on any atom is 0.272 e. The van der Waals surface area contributed by atoms with Crippen LogP contribution in [0.5, 0.6) is 0 Å². The molecule has 1 saturated heterocycles. The minimum Gasteiger partial charge on any atom is -0.335 e. The molecule has 0 aliphatic carbocycles. The first-order chi connectivity index (χ1) is 11.1. The lowest BCUT2D eigenvalue weighted by Crippen LogP contribution is -2.47. The number of carbonyl (C=O) groups is 1. The summed E-state index contributed by atoms with van der Waals surface area (Å²) in [7, 11) is 2.09. The predicted octanol–water partition coefficient (Wildman–Crippen LogP) is 2.38. The molecule has 2 heterocycles. The number of piperazine rings is 1. The van der Waals surface area contributed by atoms with Gasteiger partial charge in [-0.3, -0.25) is 4.79 Å². The molecule has 0 radical (unpaired) electrons. The molecule has 0 saturated carbocycles. The van der Waals surface area contributed by atoms with Crippen LogP contribution >= 0.6 is 0 Å². The summed E-state index contributed by atoms with van der Waals surface area (Å²) in [4.78, 5) is 17.2. The number of benzene rings is 1. The van der Waals surface area contributed by atoms with Crippen molar-refractivity contribution < 1.29 is 4.79 Å². The normalized spacial score (nSPS) is 16.1. The Morgan fingerprint density at radius 2 is 1.74 bits per heavy atom. The highest BCUT2D eigenvalue weighted by atomic mass is 16.2. The van der Waals surface area contributed by atoms with E-state index in [2.05, 4.69) is 30.9 Å². The number of rotatable bonds is 3. The van der Waals surface area contributed by atoms with Crippen molar-refractivity contribution in [1.82, 2.24) is 19.6 Å². The van der Waals surface area contributed by atoms with Gasteiger partial charge in [0.15, 0.2) is 0 Å². The van der Waals surface area contributed by atoms with E-state index in [1.807, 2.05) is 41.3 Å². The van der Waals surface area contributed by atoms with Crippen molar-refractivity contribution >= 4 is 5.91 Å². The van der Waals surface area contributed by atoms with Gasteiger partial charge in [0, 0.05) is 26.2 Å². The van der Waals surface area contributed by atoms with Crippen LogP contribution in [-0.2, 0) is 0 Å². The van der Waals surface area contributed by atoms with E-state index < -0.39 is 0 Å². The van der Waals surface area contributed by atoms with Crippen molar-refractivity contribution in [3.8, 4) is 5.69 Å². The smallest absolute Gasteiger partial charge is 0.272 e. The molecule has 23 heavy (non-hydrogen) atoms. The fraction of sp³-hybridized carbons (Fsp3) is 0.444. The number of aromatic nitrogens is 2. The summed E-state index contributed by atoms with van der Waals surface area (Å²) in [5.41, 5.74) is 2.53. The van der Waals surface area contributed by atoms with Crippen molar-refractivity contribution in [2.75, 3.05) is 33.2 Å². The molecule has 1 aromatic heterocycles. The Hall–Kier alpha value is -2.14. The van der Waals surface area contributed by atoms with Crippen LogP contribution in [-0.4, -0.2) is 58.7 Å². The Morgan fingerprint density at radius 1 is 1.09 bits per heavy atom. The SMILES string of the molecule is CC(C)c1cc(C(=O)N2CCN(C)CC2)n(-c2ccccc2)n1. The van der Waals surface area contributed by atoms with Gasteiger partial charge in [0.25, 0.3) is 5.91 Å². The number of para-hydroxylation sites is 1. The number of likely N-dealkylation sites (N-methyl/N-ethyl adjacent to an activating group) is 1. The molecule has 122 valence electrons. The third-order valence-corrected chi connectivity index (χ3v) is 4.33. The molecule has 1 amide bonds. The largest absolute Gasteiger partial charge is 0.335 e. The fourth-order valence-electron chi connectivity index (χ4n) is 2.77. The summed E-state index contributed by atoms with van der Waals surface area (Å²) in [6, 6.07) is 11.8. The second-order valence-corrected chi connectivity index (χ2v) is 6.45. The number of carbonyl (C=O) groups excluding carboxylic acids is 1. The van der Waals surface area contributed by atoms with Crippen LogP contribution in [0, 0.1) is 0 Å². The van der Waals surface area contributed by atoms with Crippen LogP contribution in [0.15, 0.2) is 36.4 Å². The van der Waals surface area contributed by atoms with E-state index in [-0.39, 0.29) is 5.91 Å². The topological polar surface area (TPSA) is 41.4 Å². The Kier molecular flexibility index (Phi) is 4.48. The Labute approximate surface area is 137 Å². The van der Waals surface area contributed by atoms with Crippen molar-refractivity contribution in [3.63, 3.8) is 0 Å². The van der Waals surface area contributed by atoms with Crippen LogP contribution < -0.4 is 0 Å². The highest BCUT2D eigenvalue weighted by molar-refractivity contribution is 5.93. The molecular formula is C18H24N4O. The number of nitrogens with zero attached hydrogens (tertiary/aromatic N) is 4. The maximum absolute atomic E-state index is 13.0. The highest BCUT2D eigenvalue weighted by Crippen LogP contribution is 2.20. The van der Waals surface area contributed by atoms with Crippen LogP contribution in [0.25, 0.3) is 5.69 Å². The predicted molar refractivity (Wildman–Crippen MR) is 91.1 cm³/mol. The molecule has 0 unspecified atom stereocenters. The second kappa shape index (κ2) is 6.54. The third-order valence-electron chi connectivity index (χ3n) is 4.33. The summed E-state index contributed by atoms with van der Waals surface area (Å²) < 4.78 is 1.79. The Morgan fingerprint density at radius 3 is 2.35 bits per heavy atom. The van der Waals surface area contributed by atoms with Gasteiger partial charge in [-0.05, 0) is 31.2 Å². The minimum atomic E-state index is 0.0707. The van der Waals surface area contributed by atoms with Gasteiger partial charge in [-0.25, -0.2) is 4.68 Å². The molecule has 2 aromatic rings. The molecule has 1 aliphatic heterocycles. The van der Waals surface area contributed by atoms with Gasteiger partial charge in [0.1, 0.15) is 5.69 Å². The Balaban J connectivity index is 1.95. The first-order valence-corrected chi connectivity index (χ1v) is 8.19. The monoisotopic (exact) mass is 312 g/mol. The lowest BCUT2D eigenvalue weighted by Gasteiger charge is -2.32. The van der Waals surface area contributed by atoms with Crippen LogP contribution in [0.4, 0.5) is 0 Å². The van der Waals surface area contributed by atoms with Crippen LogP contribution in [0.2, 0.25) is 0 Å². The molecule has 0 spiro atoms. The van der Waals surface area contributed by atoms with E-state index in [9.17, 15) is 4.79 Å². The van der Waals surface area contributed by atoms with Gasteiger partial charge in [-0.1, -0.05) is 32.0 Å². The van der Waals surface area contributed by atoms with Gasteiger partial charge < -0.3 is 9.80 Å². The average Bonchev–Trinajstić information content (AvgIpc) is 3.01. The second-order valence-electron chi connectivity index (χ2n) is 6.45. The zero-order valence-electron chi connectivity index (χ0n) is 14.1. The Bertz CT molecular complexity index is 670. The average molecular weight is 312 g/mol. The third kappa shape index (κ3) is 3.29. The van der Waals surface area contributed by atoms with Crippen molar-refractivity contribution in [2.24, 2.45) is 0 Å². The van der Waals surface area contributed by atoms with Gasteiger partial charge >= 0.3 is 0 Å². The molecule has 5 heteroatoms. The van der Waals surface area contributed by atoms with Gasteiger partial charge in [0.2, 0.25) is 0 Å². The quantitative estimate of drug-likeness (QED) is 0.874. The standard InChI is InChI=1S/C18H24N4O/c1-14(2)16-13-17(18(23)21-11-9-20(3)10-12-21)22(19-16)15-7-5-4-6-8-15/h4-8,13-14H,9-12H2,1-3H3. The van der Waals surface area contributed by atoms with Gasteiger partial charge in [-0.2, -0.15) is 5.10 Å². The highest BCUT2D eigenvalue weighted by Gasteiger charge is 2.25. The van der Waals surface area contributed by atoms with E-state index in [0.29, 0.717) is 11.6 Å². The van der Waals surface area contributed by atoms with E-state index >= 15 is 0 Å². The lowest BCUT2D eigenvalue weighted by atomic mass is 10.1. The molecule has 3 rings (SSSR count).